The van der Waals surface area contributed by atoms with Crippen LogP contribution in [0.15, 0.2) is 48.5 Å². The minimum Gasteiger partial charge on any atom is -0.480 e. The number of alkyl carbamates (subject to hydrolysis) is 1. The average molecular weight is 455 g/mol. The summed E-state index contributed by atoms with van der Waals surface area (Å²) in [5, 5.41) is 11.9. The maximum atomic E-state index is 13.0. The van der Waals surface area contributed by atoms with Crippen LogP contribution < -0.4 is 5.32 Å². The number of fused-ring (bicyclic) bond motifs is 3. The topological polar surface area (TPSA) is 105 Å². The maximum absolute atomic E-state index is 13.0. The molecule has 2 aromatic rings. The Balaban J connectivity index is 1.70. The third-order valence-corrected chi connectivity index (χ3v) is 5.99. The molecule has 0 spiro atoms. The van der Waals surface area contributed by atoms with Gasteiger partial charge in [-0.25, -0.2) is 9.59 Å². The lowest BCUT2D eigenvalue weighted by Crippen LogP contribution is -2.53. The summed E-state index contributed by atoms with van der Waals surface area (Å²) in [7, 11) is 1.49. The van der Waals surface area contributed by atoms with Gasteiger partial charge in [-0.05, 0) is 36.1 Å². The molecule has 8 nitrogen and oxygen atoms in total. The number of hydrogen-bond donors (Lipinski definition) is 2. The minimum atomic E-state index is -1.11. The van der Waals surface area contributed by atoms with Crippen LogP contribution in [0.2, 0.25) is 0 Å². The second kappa shape index (κ2) is 11.0. The fourth-order valence-corrected chi connectivity index (χ4v) is 4.23. The molecule has 8 heteroatoms. The molecule has 33 heavy (non-hydrogen) atoms. The summed E-state index contributed by atoms with van der Waals surface area (Å²) in [5.74, 6) is -1.70. The molecule has 2 unspecified atom stereocenters. The molecular formula is C25H30N2O6. The van der Waals surface area contributed by atoms with Crippen LogP contribution in [-0.2, 0) is 19.1 Å². The van der Waals surface area contributed by atoms with Gasteiger partial charge in [-0.2, -0.15) is 0 Å². The molecule has 0 aromatic heterocycles. The number of aliphatic carboxylic acids is 1. The Morgan fingerprint density at radius 2 is 1.64 bits per heavy atom. The highest BCUT2D eigenvalue weighted by atomic mass is 16.5. The van der Waals surface area contributed by atoms with Gasteiger partial charge in [0, 0.05) is 32.6 Å². The first-order chi connectivity index (χ1) is 15.9. The molecule has 0 radical (unpaired) electrons. The number of nitrogens with one attached hydrogen (secondary N) is 1. The number of carboxylic acid groups (broad SMARTS) is 1. The molecule has 3 rings (SSSR count). The van der Waals surface area contributed by atoms with Crippen molar-refractivity contribution in [3.8, 4) is 11.1 Å². The van der Waals surface area contributed by atoms with E-state index < -0.39 is 30.1 Å². The minimum absolute atomic E-state index is 0.101. The Bertz CT molecular complexity index is 962. The van der Waals surface area contributed by atoms with Crippen molar-refractivity contribution in [1.29, 1.82) is 0 Å². The molecule has 0 saturated heterocycles. The van der Waals surface area contributed by atoms with Crippen molar-refractivity contribution in [2.45, 2.75) is 38.3 Å². The van der Waals surface area contributed by atoms with Crippen LogP contribution in [0.4, 0.5) is 4.79 Å². The predicted molar refractivity (Wildman–Crippen MR) is 123 cm³/mol. The Kier molecular flexibility index (Phi) is 8.06. The smallest absolute Gasteiger partial charge is 0.407 e. The van der Waals surface area contributed by atoms with Crippen LogP contribution in [0.25, 0.3) is 11.1 Å². The number of benzene rings is 2. The van der Waals surface area contributed by atoms with Crippen LogP contribution in [0.3, 0.4) is 0 Å². The molecule has 2 amide bonds. The van der Waals surface area contributed by atoms with E-state index in [2.05, 4.69) is 17.4 Å². The largest absolute Gasteiger partial charge is 0.480 e. The first-order valence-corrected chi connectivity index (χ1v) is 11.0. The van der Waals surface area contributed by atoms with E-state index in [0.29, 0.717) is 0 Å². The normalized spacial score (nSPS) is 14.0. The van der Waals surface area contributed by atoms with Gasteiger partial charge in [-0.3, -0.25) is 4.79 Å². The van der Waals surface area contributed by atoms with Gasteiger partial charge in [0.2, 0.25) is 5.91 Å². The van der Waals surface area contributed by atoms with Crippen molar-refractivity contribution in [1.82, 2.24) is 10.2 Å². The lowest BCUT2D eigenvalue weighted by Gasteiger charge is -2.29. The number of hydrogen-bond acceptors (Lipinski definition) is 5. The average Bonchev–Trinajstić information content (AvgIpc) is 3.14. The van der Waals surface area contributed by atoms with E-state index in [4.69, 9.17) is 9.47 Å². The van der Waals surface area contributed by atoms with Crippen LogP contribution in [-0.4, -0.2) is 66.9 Å². The number of carbonyl (C=O) groups excluding carboxylic acids is 2. The van der Waals surface area contributed by atoms with Gasteiger partial charge in [-0.15, -0.1) is 0 Å². The van der Waals surface area contributed by atoms with Crippen molar-refractivity contribution < 1.29 is 29.0 Å². The van der Waals surface area contributed by atoms with E-state index >= 15 is 0 Å². The first kappa shape index (κ1) is 24.3. The Morgan fingerprint density at radius 3 is 2.15 bits per heavy atom. The number of ether oxygens (including phenoxy) is 2. The molecule has 0 aliphatic heterocycles. The second-order valence-electron chi connectivity index (χ2n) is 7.94. The number of nitrogens with zero attached hydrogens (tertiary/aromatic N) is 1. The standard InChI is InChI=1S/C25H30N2O6/c1-4-27(16(2)24(29)30)23(28)22(13-14-32-3)26-25(31)33-15-21-19-11-7-5-9-17(19)18-10-6-8-12-20(18)21/h5-12,16,21-22H,4,13-15H2,1-3H3,(H,26,31)(H,29,30). The van der Waals surface area contributed by atoms with Crippen molar-refractivity contribution >= 4 is 18.0 Å². The molecule has 2 atom stereocenters. The summed E-state index contributed by atoms with van der Waals surface area (Å²) in [6.45, 7) is 3.66. The number of amides is 2. The Morgan fingerprint density at radius 1 is 1.06 bits per heavy atom. The summed E-state index contributed by atoms with van der Waals surface area (Å²) >= 11 is 0. The zero-order valence-electron chi connectivity index (χ0n) is 19.1. The molecule has 1 aliphatic rings. The number of carboxylic acids is 1. The lowest BCUT2D eigenvalue weighted by molar-refractivity contribution is -0.150. The summed E-state index contributed by atoms with van der Waals surface area (Å²) in [5.41, 5.74) is 4.42. The quantitative estimate of drug-likeness (QED) is 0.571. The number of rotatable bonds is 10. The molecule has 0 bridgehead atoms. The second-order valence-corrected chi connectivity index (χ2v) is 7.94. The number of likely N-dealkylation sites (N-methyl/N-ethyl adjacent to an activating group) is 1. The fourth-order valence-electron chi connectivity index (χ4n) is 4.23. The maximum Gasteiger partial charge on any atom is 0.407 e. The highest BCUT2D eigenvalue weighted by molar-refractivity contribution is 5.89. The fraction of sp³-hybridized carbons (Fsp3) is 0.400. The van der Waals surface area contributed by atoms with E-state index in [0.717, 1.165) is 22.3 Å². The summed E-state index contributed by atoms with van der Waals surface area (Å²) in [4.78, 5) is 38.2. The van der Waals surface area contributed by atoms with Crippen molar-refractivity contribution in [3.63, 3.8) is 0 Å². The van der Waals surface area contributed by atoms with Gasteiger partial charge >= 0.3 is 12.1 Å². The zero-order chi connectivity index (χ0) is 24.0. The van der Waals surface area contributed by atoms with Crippen molar-refractivity contribution in [2.75, 3.05) is 26.9 Å². The van der Waals surface area contributed by atoms with Gasteiger partial charge in [-0.1, -0.05) is 48.5 Å². The van der Waals surface area contributed by atoms with Crippen molar-refractivity contribution in [2.24, 2.45) is 0 Å². The molecule has 1 aliphatic carbocycles. The van der Waals surface area contributed by atoms with E-state index in [1.165, 1.54) is 18.9 Å². The van der Waals surface area contributed by atoms with Gasteiger partial charge < -0.3 is 24.8 Å². The summed E-state index contributed by atoms with van der Waals surface area (Å²) < 4.78 is 10.6. The summed E-state index contributed by atoms with van der Waals surface area (Å²) in [6.07, 6.45) is -0.534. The van der Waals surface area contributed by atoms with E-state index in [9.17, 15) is 19.5 Å². The van der Waals surface area contributed by atoms with E-state index in [-0.39, 0.29) is 32.1 Å². The number of carbonyl (C=O) groups is 3. The van der Waals surface area contributed by atoms with E-state index in [1.807, 2.05) is 36.4 Å². The van der Waals surface area contributed by atoms with E-state index in [1.54, 1.807) is 6.92 Å². The highest BCUT2D eigenvalue weighted by Gasteiger charge is 2.32. The third kappa shape index (κ3) is 5.34. The van der Waals surface area contributed by atoms with Crippen LogP contribution in [0.5, 0.6) is 0 Å². The predicted octanol–water partition coefficient (Wildman–Crippen LogP) is 3.25. The monoisotopic (exact) mass is 454 g/mol. The zero-order valence-corrected chi connectivity index (χ0v) is 19.1. The Labute approximate surface area is 193 Å². The van der Waals surface area contributed by atoms with Gasteiger partial charge in [0.05, 0.1) is 0 Å². The van der Waals surface area contributed by atoms with Crippen LogP contribution in [0, 0.1) is 0 Å². The first-order valence-electron chi connectivity index (χ1n) is 11.0. The molecule has 0 heterocycles. The lowest BCUT2D eigenvalue weighted by atomic mass is 9.98. The number of methoxy groups -OCH3 is 1. The van der Waals surface area contributed by atoms with Gasteiger partial charge in [0.25, 0.3) is 0 Å². The van der Waals surface area contributed by atoms with Crippen LogP contribution >= 0.6 is 0 Å². The molecule has 2 aromatic carbocycles. The van der Waals surface area contributed by atoms with Gasteiger partial charge in [0.1, 0.15) is 18.7 Å². The van der Waals surface area contributed by atoms with Crippen molar-refractivity contribution in [3.05, 3.63) is 59.7 Å². The van der Waals surface area contributed by atoms with Crippen LogP contribution in [0.1, 0.15) is 37.3 Å². The molecule has 176 valence electrons. The molecule has 0 fully saturated rings. The van der Waals surface area contributed by atoms with Gasteiger partial charge in [0.15, 0.2) is 0 Å². The Hall–Kier alpha value is -3.39. The molecule has 2 N–H and O–H groups in total. The molecular weight excluding hydrogens is 424 g/mol. The SMILES string of the molecule is CCN(C(=O)C(CCOC)NC(=O)OCC1c2ccccc2-c2ccccc21)C(C)C(=O)O. The summed E-state index contributed by atoms with van der Waals surface area (Å²) in [6, 6.07) is 14.1. The third-order valence-electron chi connectivity index (χ3n) is 5.99. The molecule has 0 saturated carbocycles. The highest BCUT2D eigenvalue weighted by Crippen LogP contribution is 2.44.